The highest BCUT2D eigenvalue weighted by atomic mass is 16.5. The number of carbonyl (C=O) groups excluding carboxylic acids is 1. The van der Waals surface area contributed by atoms with Gasteiger partial charge in [0.15, 0.2) is 0 Å². The first-order valence-electron chi connectivity index (χ1n) is 5.78. The van der Waals surface area contributed by atoms with E-state index in [0.29, 0.717) is 25.0 Å². The summed E-state index contributed by atoms with van der Waals surface area (Å²) in [7, 11) is 1.52. The minimum Gasteiger partial charge on any atom is -0.480 e. The van der Waals surface area contributed by atoms with Gasteiger partial charge in [0.1, 0.15) is 6.54 Å². The summed E-state index contributed by atoms with van der Waals surface area (Å²) in [4.78, 5) is 23.6. The standard InChI is InChI=1S/C11H20N2O4/c1-8-5-9(8)6-12-11(16)13(3-4-17-2)7-10(14)15/h8-9H,3-7H2,1-2H3,(H,12,16)(H,14,15). The molecule has 1 rings (SSSR count). The van der Waals surface area contributed by atoms with Gasteiger partial charge in [-0.1, -0.05) is 6.92 Å². The SMILES string of the molecule is COCCN(CC(=O)O)C(=O)NCC1CC1C. The van der Waals surface area contributed by atoms with Crippen LogP contribution < -0.4 is 5.32 Å². The van der Waals surface area contributed by atoms with Gasteiger partial charge in [-0.05, 0) is 18.3 Å². The third kappa shape index (κ3) is 5.04. The number of ether oxygens (including phenoxy) is 1. The topological polar surface area (TPSA) is 78.9 Å². The lowest BCUT2D eigenvalue weighted by Crippen LogP contribution is -2.44. The van der Waals surface area contributed by atoms with E-state index in [1.807, 2.05) is 0 Å². The van der Waals surface area contributed by atoms with Gasteiger partial charge in [0.25, 0.3) is 0 Å². The maximum atomic E-state index is 11.7. The summed E-state index contributed by atoms with van der Waals surface area (Å²) in [5.41, 5.74) is 0. The van der Waals surface area contributed by atoms with E-state index in [1.54, 1.807) is 0 Å². The van der Waals surface area contributed by atoms with Crippen LogP contribution in [0, 0.1) is 11.8 Å². The molecule has 1 saturated carbocycles. The summed E-state index contributed by atoms with van der Waals surface area (Å²) in [6.07, 6.45) is 1.14. The number of amides is 2. The molecule has 0 aromatic heterocycles. The van der Waals surface area contributed by atoms with Crippen LogP contribution in [-0.2, 0) is 9.53 Å². The number of methoxy groups -OCH3 is 1. The fraction of sp³-hybridized carbons (Fsp3) is 0.818. The number of rotatable bonds is 7. The molecule has 98 valence electrons. The number of nitrogens with zero attached hydrogens (tertiary/aromatic N) is 1. The Labute approximate surface area is 101 Å². The quantitative estimate of drug-likeness (QED) is 0.679. The molecule has 6 heteroatoms. The van der Waals surface area contributed by atoms with Gasteiger partial charge < -0.3 is 20.1 Å². The second-order valence-electron chi connectivity index (χ2n) is 4.47. The lowest BCUT2D eigenvalue weighted by Gasteiger charge is -2.20. The molecule has 0 aliphatic heterocycles. The smallest absolute Gasteiger partial charge is 0.323 e. The van der Waals surface area contributed by atoms with Gasteiger partial charge in [-0.3, -0.25) is 4.79 Å². The number of urea groups is 1. The van der Waals surface area contributed by atoms with Gasteiger partial charge in [-0.15, -0.1) is 0 Å². The van der Waals surface area contributed by atoms with Gasteiger partial charge in [-0.2, -0.15) is 0 Å². The second kappa shape index (κ2) is 6.44. The maximum Gasteiger partial charge on any atom is 0.323 e. The third-order valence-corrected chi connectivity index (χ3v) is 2.97. The molecule has 2 atom stereocenters. The normalized spacial score (nSPS) is 22.0. The summed E-state index contributed by atoms with van der Waals surface area (Å²) in [6, 6.07) is -0.330. The van der Waals surface area contributed by atoms with Crippen molar-refractivity contribution in [3.05, 3.63) is 0 Å². The van der Waals surface area contributed by atoms with Crippen molar-refractivity contribution in [2.75, 3.05) is 33.4 Å². The molecular formula is C11H20N2O4. The fourth-order valence-electron chi connectivity index (χ4n) is 1.63. The van der Waals surface area contributed by atoms with Gasteiger partial charge in [-0.25, -0.2) is 4.79 Å². The first-order valence-corrected chi connectivity index (χ1v) is 5.78. The Morgan fingerprint density at radius 1 is 1.53 bits per heavy atom. The summed E-state index contributed by atoms with van der Waals surface area (Å²) in [5.74, 6) is 0.200. The zero-order chi connectivity index (χ0) is 12.8. The molecule has 0 aromatic rings. The summed E-state index contributed by atoms with van der Waals surface area (Å²) >= 11 is 0. The van der Waals surface area contributed by atoms with Crippen LogP contribution in [0.1, 0.15) is 13.3 Å². The molecule has 1 aliphatic rings. The molecule has 1 fully saturated rings. The Morgan fingerprint density at radius 3 is 2.65 bits per heavy atom. The monoisotopic (exact) mass is 244 g/mol. The van der Waals surface area contributed by atoms with E-state index in [9.17, 15) is 9.59 Å². The van der Waals surface area contributed by atoms with E-state index < -0.39 is 5.97 Å². The van der Waals surface area contributed by atoms with Crippen LogP contribution >= 0.6 is 0 Å². The van der Waals surface area contributed by atoms with Crippen molar-refractivity contribution in [3.8, 4) is 0 Å². The first kappa shape index (κ1) is 13.8. The van der Waals surface area contributed by atoms with Crippen molar-refractivity contribution in [1.82, 2.24) is 10.2 Å². The molecule has 17 heavy (non-hydrogen) atoms. The van der Waals surface area contributed by atoms with E-state index in [4.69, 9.17) is 9.84 Å². The van der Waals surface area contributed by atoms with Crippen LogP contribution in [-0.4, -0.2) is 55.4 Å². The molecule has 2 amide bonds. The van der Waals surface area contributed by atoms with Gasteiger partial charge in [0.2, 0.25) is 0 Å². The fourth-order valence-corrected chi connectivity index (χ4v) is 1.63. The number of aliphatic carboxylic acids is 1. The summed E-state index contributed by atoms with van der Waals surface area (Å²) in [5, 5.41) is 11.5. The zero-order valence-corrected chi connectivity index (χ0v) is 10.3. The van der Waals surface area contributed by atoms with E-state index in [-0.39, 0.29) is 19.1 Å². The van der Waals surface area contributed by atoms with E-state index in [2.05, 4.69) is 12.2 Å². The Bertz CT molecular complexity index is 283. The van der Waals surface area contributed by atoms with E-state index in [0.717, 1.165) is 6.42 Å². The molecule has 0 bridgehead atoms. The third-order valence-electron chi connectivity index (χ3n) is 2.97. The van der Waals surface area contributed by atoms with Crippen LogP contribution in [0.2, 0.25) is 0 Å². The molecule has 0 aromatic carbocycles. The molecule has 0 heterocycles. The van der Waals surface area contributed by atoms with Crippen LogP contribution in [0.15, 0.2) is 0 Å². The molecule has 0 radical (unpaired) electrons. The zero-order valence-electron chi connectivity index (χ0n) is 10.3. The lowest BCUT2D eigenvalue weighted by atomic mass is 10.3. The van der Waals surface area contributed by atoms with E-state index in [1.165, 1.54) is 12.0 Å². The average molecular weight is 244 g/mol. The lowest BCUT2D eigenvalue weighted by molar-refractivity contribution is -0.137. The van der Waals surface area contributed by atoms with Crippen molar-refractivity contribution in [2.45, 2.75) is 13.3 Å². The minimum atomic E-state index is -1.02. The summed E-state index contributed by atoms with van der Waals surface area (Å²) < 4.78 is 4.84. The predicted molar refractivity (Wildman–Crippen MR) is 61.8 cm³/mol. The molecule has 2 unspecified atom stereocenters. The van der Waals surface area contributed by atoms with Crippen molar-refractivity contribution in [2.24, 2.45) is 11.8 Å². The van der Waals surface area contributed by atoms with Gasteiger partial charge >= 0.3 is 12.0 Å². The Hall–Kier alpha value is -1.30. The van der Waals surface area contributed by atoms with E-state index >= 15 is 0 Å². The number of hydrogen-bond acceptors (Lipinski definition) is 3. The highest BCUT2D eigenvalue weighted by Gasteiger charge is 2.32. The van der Waals surface area contributed by atoms with Crippen LogP contribution in [0.5, 0.6) is 0 Å². The number of nitrogens with one attached hydrogen (secondary N) is 1. The van der Waals surface area contributed by atoms with Crippen molar-refractivity contribution < 1.29 is 19.4 Å². The van der Waals surface area contributed by atoms with Gasteiger partial charge in [0, 0.05) is 20.2 Å². The number of carbonyl (C=O) groups is 2. The molecular weight excluding hydrogens is 224 g/mol. The molecule has 0 saturated heterocycles. The average Bonchev–Trinajstić information content (AvgIpc) is 2.97. The number of hydrogen-bond donors (Lipinski definition) is 2. The maximum absolute atomic E-state index is 11.7. The van der Waals surface area contributed by atoms with Crippen LogP contribution in [0.25, 0.3) is 0 Å². The minimum absolute atomic E-state index is 0.287. The predicted octanol–water partition coefficient (Wildman–Crippen LogP) is 0.385. The van der Waals surface area contributed by atoms with Gasteiger partial charge in [0.05, 0.1) is 6.61 Å². The van der Waals surface area contributed by atoms with Crippen LogP contribution in [0.3, 0.4) is 0 Å². The largest absolute Gasteiger partial charge is 0.480 e. The Morgan fingerprint density at radius 2 is 2.18 bits per heavy atom. The number of carboxylic acids is 1. The molecule has 2 N–H and O–H groups in total. The van der Waals surface area contributed by atoms with Crippen molar-refractivity contribution in [1.29, 1.82) is 0 Å². The second-order valence-corrected chi connectivity index (χ2v) is 4.47. The number of carboxylic acid groups (broad SMARTS) is 1. The molecule has 6 nitrogen and oxygen atoms in total. The highest BCUT2D eigenvalue weighted by molar-refractivity contribution is 5.80. The van der Waals surface area contributed by atoms with Crippen LogP contribution in [0.4, 0.5) is 4.79 Å². The first-order chi connectivity index (χ1) is 8.04. The molecule has 0 spiro atoms. The van der Waals surface area contributed by atoms with Crippen molar-refractivity contribution in [3.63, 3.8) is 0 Å². The Balaban J connectivity index is 2.32. The van der Waals surface area contributed by atoms with Crippen molar-refractivity contribution >= 4 is 12.0 Å². The summed E-state index contributed by atoms with van der Waals surface area (Å²) in [6.45, 7) is 3.09. The molecule has 1 aliphatic carbocycles. The highest BCUT2D eigenvalue weighted by Crippen LogP contribution is 2.36. The Kier molecular flexibility index (Phi) is 5.21.